The summed E-state index contributed by atoms with van der Waals surface area (Å²) >= 11 is 0. The van der Waals surface area contributed by atoms with Crippen LogP contribution >= 0.6 is 0 Å². The molecule has 0 aliphatic heterocycles. The van der Waals surface area contributed by atoms with E-state index in [0.29, 0.717) is 12.1 Å². The highest BCUT2D eigenvalue weighted by Crippen LogP contribution is 2.21. The lowest BCUT2D eigenvalue weighted by molar-refractivity contribution is 0.801. The van der Waals surface area contributed by atoms with Crippen LogP contribution in [0, 0.1) is 18.3 Å². The highest BCUT2D eigenvalue weighted by molar-refractivity contribution is 5.86. The molecule has 0 atom stereocenters. The van der Waals surface area contributed by atoms with E-state index in [9.17, 15) is 0 Å². The van der Waals surface area contributed by atoms with E-state index in [1.165, 1.54) is 22.0 Å². The van der Waals surface area contributed by atoms with Crippen molar-refractivity contribution in [1.82, 2.24) is 15.6 Å². The highest BCUT2D eigenvalue weighted by atomic mass is 15.2. The van der Waals surface area contributed by atoms with Crippen molar-refractivity contribution < 1.29 is 0 Å². The van der Waals surface area contributed by atoms with E-state index >= 15 is 0 Å². The maximum atomic E-state index is 9.01. The molecule has 5 heteroatoms. The summed E-state index contributed by atoms with van der Waals surface area (Å²) in [6.07, 6.45) is 3.01. The van der Waals surface area contributed by atoms with Crippen LogP contribution in [0.15, 0.2) is 53.7 Å². The van der Waals surface area contributed by atoms with Gasteiger partial charge in [-0.2, -0.15) is 5.26 Å². The number of hydrogen-bond donors (Lipinski definition) is 3. The van der Waals surface area contributed by atoms with Gasteiger partial charge in [-0.05, 0) is 49.1 Å². The summed E-state index contributed by atoms with van der Waals surface area (Å²) in [6, 6.07) is 16.1. The lowest BCUT2D eigenvalue weighted by Gasteiger charge is -2.11. The number of nitrogens with zero attached hydrogens (tertiary/aromatic N) is 2. The SMILES string of the molecule is CCNC(=NCc1cccc(C#N)c1)NCCc1c[nH]c2c(C)cccc12. The molecule has 3 aromatic rings. The largest absolute Gasteiger partial charge is 0.361 e. The van der Waals surface area contributed by atoms with Crippen LogP contribution in [-0.2, 0) is 13.0 Å². The molecule has 0 fully saturated rings. The molecule has 3 N–H and O–H groups in total. The van der Waals surface area contributed by atoms with Gasteiger partial charge in [-0.15, -0.1) is 0 Å². The number of fused-ring (bicyclic) bond motifs is 1. The Bertz CT molecular complexity index is 978. The second kappa shape index (κ2) is 8.91. The van der Waals surface area contributed by atoms with Crippen LogP contribution in [0.3, 0.4) is 0 Å². The van der Waals surface area contributed by atoms with Gasteiger partial charge >= 0.3 is 0 Å². The van der Waals surface area contributed by atoms with Crippen LogP contribution in [-0.4, -0.2) is 24.0 Å². The average Bonchev–Trinajstić information content (AvgIpc) is 3.11. The first-order valence-corrected chi connectivity index (χ1v) is 9.28. The van der Waals surface area contributed by atoms with E-state index in [4.69, 9.17) is 5.26 Å². The third kappa shape index (κ3) is 4.68. The van der Waals surface area contributed by atoms with Crippen molar-refractivity contribution in [3.63, 3.8) is 0 Å². The zero-order valence-corrected chi connectivity index (χ0v) is 15.8. The molecule has 0 spiro atoms. The molecule has 3 rings (SSSR count). The van der Waals surface area contributed by atoms with Crippen LogP contribution in [0.5, 0.6) is 0 Å². The molecule has 0 aliphatic rings. The summed E-state index contributed by atoms with van der Waals surface area (Å²) in [4.78, 5) is 8.01. The zero-order valence-electron chi connectivity index (χ0n) is 15.8. The molecule has 0 unspecified atom stereocenters. The van der Waals surface area contributed by atoms with Crippen LogP contribution in [0.1, 0.15) is 29.2 Å². The fourth-order valence-corrected chi connectivity index (χ4v) is 3.14. The number of aryl methyl sites for hydroxylation is 1. The lowest BCUT2D eigenvalue weighted by atomic mass is 10.1. The normalized spacial score (nSPS) is 11.4. The lowest BCUT2D eigenvalue weighted by Crippen LogP contribution is -2.38. The maximum Gasteiger partial charge on any atom is 0.191 e. The molecule has 1 aromatic heterocycles. The number of benzene rings is 2. The van der Waals surface area contributed by atoms with Gasteiger partial charge in [-0.1, -0.05) is 30.3 Å². The molecular formula is C22H25N5. The second-order valence-corrected chi connectivity index (χ2v) is 6.50. The van der Waals surface area contributed by atoms with Crippen molar-refractivity contribution in [3.05, 3.63) is 70.9 Å². The van der Waals surface area contributed by atoms with E-state index < -0.39 is 0 Å². The summed E-state index contributed by atoms with van der Waals surface area (Å²) in [5, 5.41) is 17.0. The van der Waals surface area contributed by atoms with Gasteiger partial charge < -0.3 is 15.6 Å². The number of hydrogen-bond acceptors (Lipinski definition) is 2. The molecular weight excluding hydrogens is 334 g/mol. The Morgan fingerprint density at radius 2 is 2.04 bits per heavy atom. The Morgan fingerprint density at radius 3 is 2.85 bits per heavy atom. The molecule has 0 amide bonds. The molecule has 0 saturated carbocycles. The van der Waals surface area contributed by atoms with Crippen LogP contribution in [0.25, 0.3) is 10.9 Å². The molecule has 1 heterocycles. The van der Waals surface area contributed by atoms with E-state index in [-0.39, 0.29) is 0 Å². The molecule has 0 aliphatic carbocycles. The van der Waals surface area contributed by atoms with E-state index in [2.05, 4.69) is 64.9 Å². The first-order valence-electron chi connectivity index (χ1n) is 9.28. The van der Waals surface area contributed by atoms with Crippen molar-refractivity contribution in [2.24, 2.45) is 4.99 Å². The second-order valence-electron chi connectivity index (χ2n) is 6.50. The van der Waals surface area contributed by atoms with Gasteiger partial charge in [0.05, 0.1) is 18.2 Å². The molecule has 0 radical (unpaired) electrons. The fourth-order valence-electron chi connectivity index (χ4n) is 3.14. The third-order valence-corrected chi connectivity index (χ3v) is 4.52. The van der Waals surface area contributed by atoms with Crippen molar-refractivity contribution in [1.29, 1.82) is 5.26 Å². The Kier molecular flexibility index (Phi) is 6.11. The average molecular weight is 359 g/mol. The number of rotatable bonds is 6. The van der Waals surface area contributed by atoms with Crippen LogP contribution in [0.2, 0.25) is 0 Å². The van der Waals surface area contributed by atoms with Gasteiger partial charge in [0.25, 0.3) is 0 Å². The van der Waals surface area contributed by atoms with Crippen molar-refractivity contribution in [3.8, 4) is 6.07 Å². The molecule has 27 heavy (non-hydrogen) atoms. The quantitative estimate of drug-likeness (QED) is 0.464. The minimum Gasteiger partial charge on any atom is -0.361 e. The minimum absolute atomic E-state index is 0.539. The Balaban J connectivity index is 1.62. The zero-order chi connectivity index (χ0) is 19.1. The standard InChI is InChI=1S/C22H25N5/c1-3-24-22(27-14-18-8-5-7-17(12-18)13-23)25-11-10-19-15-26-21-16(2)6-4-9-20(19)21/h4-9,12,15,26H,3,10-11,14H2,1-2H3,(H2,24,25,27). The van der Waals surface area contributed by atoms with Crippen molar-refractivity contribution >= 4 is 16.9 Å². The number of guanidine groups is 1. The van der Waals surface area contributed by atoms with Gasteiger partial charge in [0.1, 0.15) is 0 Å². The Labute approximate surface area is 160 Å². The molecule has 2 aromatic carbocycles. The van der Waals surface area contributed by atoms with Crippen LogP contribution in [0.4, 0.5) is 0 Å². The van der Waals surface area contributed by atoms with Crippen molar-refractivity contribution in [2.45, 2.75) is 26.8 Å². The van der Waals surface area contributed by atoms with E-state index in [0.717, 1.165) is 31.0 Å². The van der Waals surface area contributed by atoms with Gasteiger partial charge in [-0.25, -0.2) is 4.99 Å². The molecule has 0 saturated heterocycles. The number of para-hydroxylation sites is 1. The Morgan fingerprint density at radius 1 is 1.19 bits per heavy atom. The molecule has 0 bridgehead atoms. The van der Waals surface area contributed by atoms with Gasteiger partial charge in [0, 0.05) is 30.2 Å². The molecule has 5 nitrogen and oxygen atoms in total. The number of aromatic amines is 1. The first-order chi connectivity index (χ1) is 13.2. The molecule has 138 valence electrons. The van der Waals surface area contributed by atoms with Crippen LogP contribution < -0.4 is 10.6 Å². The first kappa shape index (κ1) is 18.5. The summed E-state index contributed by atoms with van der Waals surface area (Å²) in [7, 11) is 0. The van der Waals surface area contributed by atoms with Gasteiger partial charge in [0.2, 0.25) is 0 Å². The number of aromatic nitrogens is 1. The van der Waals surface area contributed by atoms with E-state index in [1.54, 1.807) is 6.07 Å². The predicted octanol–water partition coefficient (Wildman–Crippen LogP) is 3.65. The highest BCUT2D eigenvalue weighted by Gasteiger charge is 2.05. The fraction of sp³-hybridized carbons (Fsp3) is 0.273. The third-order valence-electron chi connectivity index (χ3n) is 4.52. The topological polar surface area (TPSA) is 76.0 Å². The summed E-state index contributed by atoms with van der Waals surface area (Å²) in [5.74, 6) is 0.788. The van der Waals surface area contributed by atoms with E-state index in [1.807, 2.05) is 18.2 Å². The smallest absolute Gasteiger partial charge is 0.191 e. The maximum absolute atomic E-state index is 9.01. The van der Waals surface area contributed by atoms with Gasteiger partial charge in [-0.3, -0.25) is 0 Å². The van der Waals surface area contributed by atoms with Gasteiger partial charge in [0.15, 0.2) is 5.96 Å². The minimum atomic E-state index is 0.539. The monoisotopic (exact) mass is 359 g/mol. The summed E-state index contributed by atoms with van der Waals surface area (Å²) in [6.45, 7) is 6.31. The number of nitriles is 1. The number of nitrogens with one attached hydrogen (secondary N) is 3. The number of aliphatic imine (C=N–C) groups is 1. The summed E-state index contributed by atoms with van der Waals surface area (Å²) < 4.78 is 0. The van der Waals surface area contributed by atoms with Crippen molar-refractivity contribution in [2.75, 3.05) is 13.1 Å². The predicted molar refractivity (Wildman–Crippen MR) is 111 cm³/mol. The summed E-state index contributed by atoms with van der Waals surface area (Å²) in [5.41, 5.74) is 5.47. The Hall–Kier alpha value is -3.26. The number of H-pyrrole nitrogens is 1.